The predicted molar refractivity (Wildman–Crippen MR) is 98.3 cm³/mol. The number of carbonyl (C=O) groups excluding carboxylic acids is 2. The van der Waals surface area contributed by atoms with Crippen molar-refractivity contribution in [3.63, 3.8) is 0 Å². The van der Waals surface area contributed by atoms with Crippen LogP contribution in [0.3, 0.4) is 0 Å². The van der Waals surface area contributed by atoms with Crippen molar-refractivity contribution < 1.29 is 19.1 Å². The van der Waals surface area contributed by atoms with Crippen molar-refractivity contribution in [2.24, 2.45) is 0 Å². The first kappa shape index (κ1) is 21.2. The summed E-state index contributed by atoms with van der Waals surface area (Å²) in [6.07, 6.45) is 2.62. The highest BCUT2D eigenvalue weighted by molar-refractivity contribution is 5.70. The van der Waals surface area contributed by atoms with E-state index in [2.05, 4.69) is 24.0 Å². The van der Waals surface area contributed by atoms with Gasteiger partial charge in [-0.2, -0.15) is 0 Å². The molecule has 1 atom stereocenters. The molecule has 0 spiro atoms. The van der Waals surface area contributed by atoms with Crippen LogP contribution < -0.4 is 0 Å². The molecule has 5 heteroatoms. The Labute approximate surface area is 151 Å². The van der Waals surface area contributed by atoms with E-state index in [0.29, 0.717) is 39.1 Å². The minimum absolute atomic E-state index is 0.195. The van der Waals surface area contributed by atoms with Gasteiger partial charge in [0.05, 0.1) is 26.1 Å². The van der Waals surface area contributed by atoms with Gasteiger partial charge < -0.3 is 9.47 Å². The molecule has 0 heterocycles. The molecule has 25 heavy (non-hydrogen) atoms. The molecule has 1 unspecified atom stereocenters. The Bertz CT molecular complexity index is 482. The van der Waals surface area contributed by atoms with E-state index in [1.54, 1.807) is 13.8 Å². The number of aryl methyl sites for hydroxylation is 1. The van der Waals surface area contributed by atoms with Crippen LogP contribution in [0.5, 0.6) is 0 Å². The lowest BCUT2D eigenvalue weighted by Gasteiger charge is -2.28. The molecule has 0 aliphatic carbocycles. The zero-order chi connectivity index (χ0) is 18.5. The standard InChI is InChI=1S/C20H31NO4/c1-4-24-19(22)13-15-21(16-14-20(23)25-5-2)17(3)11-12-18-9-7-6-8-10-18/h6-10,17H,4-5,11-16H2,1-3H3. The van der Waals surface area contributed by atoms with Crippen LogP contribution in [0.2, 0.25) is 0 Å². The van der Waals surface area contributed by atoms with Gasteiger partial charge in [0.25, 0.3) is 0 Å². The summed E-state index contributed by atoms with van der Waals surface area (Å²) in [7, 11) is 0. The Hall–Kier alpha value is -1.88. The number of hydrogen-bond donors (Lipinski definition) is 0. The van der Waals surface area contributed by atoms with Gasteiger partial charge in [-0.25, -0.2) is 0 Å². The molecular weight excluding hydrogens is 318 g/mol. The van der Waals surface area contributed by atoms with Crippen LogP contribution in [0.4, 0.5) is 0 Å². The van der Waals surface area contributed by atoms with Crippen LogP contribution in [-0.2, 0) is 25.5 Å². The fourth-order valence-corrected chi connectivity index (χ4v) is 2.69. The van der Waals surface area contributed by atoms with E-state index in [0.717, 1.165) is 12.8 Å². The van der Waals surface area contributed by atoms with Crippen molar-refractivity contribution in [2.75, 3.05) is 26.3 Å². The third kappa shape index (κ3) is 9.25. The maximum Gasteiger partial charge on any atom is 0.307 e. The molecule has 0 fully saturated rings. The van der Waals surface area contributed by atoms with Crippen LogP contribution in [0.1, 0.15) is 45.6 Å². The summed E-state index contributed by atoms with van der Waals surface area (Å²) in [5, 5.41) is 0. The molecule has 140 valence electrons. The van der Waals surface area contributed by atoms with Gasteiger partial charge in [0.1, 0.15) is 0 Å². The fraction of sp³-hybridized carbons (Fsp3) is 0.600. The normalized spacial score (nSPS) is 12.0. The highest BCUT2D eigenvalue weighted by atomic mass is 16.5. The lowest BCUT2D eigenvalue weighted by Crippen LogP contribution is -2.37. The lowest BCUT2D eigenvalue weighted by molar-refractivity contribution is -0.143. The average Bonchev–Trinajstić information content (AvgIpc) is 2.61. The smallest absolute Gasteiger partial charge is 0.307 e. The first-order chi connectivity index (χ1) is 12.1. The largest absolute Gasteiger partial charge is 0.466 e. The average molecular weight is 349 g/mol. The molecule has 1 rings (SSSR count). The number of esters is 2. The first-order valence-corrected chi connectivity index (χ1v) is 9.16. The van der Waals surface area contributed by atoms with E-state index in [9.17, 15) is 9.59 Å². The zero-order valence-electron chi connectivity index (χ0n) is 15.7. The van der Waals surface area contributed by atoms with Gasteiger partial charge in [0, 0.05) is 19.1 Å². The van der Waals surface area contributed by atoms with Crippen LogP contribution in [0.15, 0.2) is 30.3 Å². The second kappa shape index (κ2) is 12.5. The molecule has 0 saturated heterocycles. The summed E-state index contributed by atoms with van der Waals surface area (Å²) in [5.74, 6) is -0.391. The molecule has 0 amide bonds. The number of nitrogens with zero attached hydrogens (tertiary/aromatic N) is 1. The SMILES string of the molecule is CCOC(=O)CCN(CCC(=O)OCC)C(C)CCc1ccccc1. The minimum atomic E-state index is -0.195. The molecular formula is C20H31NO4. The quantitative estimate of drug-likeness (QED) is 0.542. The maximum atomic E-state index is 11.6. The van der Waals surface area contributed by atoms with E-state index < -0.39 is 0 Å². The van der Waals surface area contributed by atoms with Crippen molar-refractivity contribution in [3.05, 3.63) is 35.9 Å². The van der Waals surface area contributed by atoms with Crippen molar-refractivity contribution in [1.29, 1.82) is 0 Å². The summed E-state index contributed by atoms with van der Waals surface area (Å²) < 4.78 is 10.0. The van der Waals surface area contributed by atoms with Crippen molar-refractivity contribution in [3.8, 4) is 0 Å². The molecule has 0 saturated carbocycles. The molecule has 0 radical (unpaired) electrons. The highest BCUT2D eigenvalue weighted by Crippen LogP contribution is 2.12. The van der Waals surface area contributed by atoms with Crippen LogP contribution in [-0.4, -0.2) is 49.2 Å². The van der Waals surface area contributed by atoms with Crippen LogP contribution in [0, 0.1) is 0 Å². The Morgan fingerprint density at radius 2 is 1.48 bits per heavy atom. The van der Waals surface area contributed by atoms with E-state index in [1.165, 1.54) is 5.56 Å². The summed E-state index contributed by atoms with van der Waals surface area (Å²) in [6, 6.07) is 10.6. The van der Waals surface area contributed by atoms with E-state index >= 15 is 0 Å². The predicted octanol–water partition coefficient (Wildman–Crippen LogP) is 3.22. The molecule has 0 aliphatic heterocycles. The molecule has 0 bridgehead atoms. The Morgan fingerprint density at radius 3 is 1.96 bits per heavy atom. The highest BCUT2D eigenvalue weighted by Gasteiger charge is 2.17. The number of benzene rings is 1. The molecule has 0 N–H and O–H groups in total. The maximum absolute atomic E-state index is 11.6. The lowest BCUT2D eigenvalue weighted by atomic mass is 10.0. The second-order valence-electron chi connectivity index (χ2n) is 6.02. The van der Waals surface area contributed by atoms with Crippen molar-refractivity contribution in [2.45, 2.75) is 52.5 Å². The van der Waals surface area contributed by atoms with Crippen LogP contribution >= 0.6 is 0 Å². The van der Waals surface area contributed by atoms with Gasteiger partial charge in [-0.1, -0.05) is 30.3 Å². The topological polar surface area (TPSA) is 55.8 Å². The summed E-state index contributed by atoms with van der Waals surface area (Å²) >= 11 is 0. The van der Waals surface area contributed by atoms with Gasteiger partial charge in [0.15, 0.2) is 0 Å². The van der Waals surface area contributed by atoms with Gasteiger partial charge in [-0.05, 0) is 39.2 Å². The third-order valence-electron chi connectivity index (χ3n) is 4.13. The van der Waals surface area contributed by atoms with Crippen molar-refractivity contribution >= 4 is 11.9 Å². The third-order valence-corrected chi connectivity index (χ3v) is 4.13. The first-order valence-electron chi connectivity index (χ1n) is 9.16. The van der Waals surface area contributed by atoms with E-state index in [1.807, 2.05) is 18.2 Å². The Balaban J connectivity index is 2.54. The molecule has 1 aromatic rings. The monoisotopic (exact) mass is 349 g/mol. The van der Waals surface area contributed by atoms with Gasteiger partial charge >= 0.3 is 11.9 Å². The van der Waals surface area contributed by atoms with Gasteiger partial charge in [-0.15, -0.1) is 0 Å². The summed E-state index contributed by atoms with van der Waals surface area (Å²) in [5.41, 5.74) is 1.30. The summed E-state index contributed by atoms with van der Waals surface area (Å²) in [6.45, 7) is 7.72. The van der Waals surface area contributed by atoms with E-state index in [-0.39, 0.29) is 18.0 Å². The minimum Gasteiger partial charge on any atom is -0.466 e. The van der Waals surface area contributed by atoms with E-state index in [4.69, 9.17) is 9.47 Å². The van der Waals surface area contributed by atoms with Gasteiger partial charge in [-0.3, -0.25) is 14.5 Å². The van der Waals surface area contributed by atoms with Gasteiger partial charge in [0.2, 0.25) is 0 Å². The number of hydrogen-bond acceptors (Lipinski definition) is 5. The molecule has 1 aromatic carbocycles. The molecule has 5 nitrogen and oxygen atoms in total. The summed E-state index contributed by atoms with van der Waals surface area (Å²) in [4.78, 5) is 25.5. The molecule has 0 aliphatic rings. The molecule has 0 aromatic heterocycles. The zero-order valence-corrected chi connectivity index (χ0v) is 15.7. The number of ether oxygens (including phenoxy) is 2. The Kier molecular flexibility index (Phi) is 10.6. The second-order valence-corrected chi connectivity index (χ2v) is 6.02. The van der Waals surface area contributed by atoms with Crippen LogP contribution in [0.25, 0.3) is 0 Å². The number of carbonyl (C=O) groups is 2. The Morgan fingerprint density at radius 1 is 0.960 bits per heavy atom. The fourth-order valence-electron chi connectivity index (χ4n) is 2.69. The number of rotatable bonds is 12. The van der Waals surface area contributed by atoms with Crippen molar-refractivity contribution in [1.82, 2.24) is 4.90 Å².